The van der Waals surface area contributed by atoms with Crippen molar-refractivity contribution in [1.29, 1.82) is 0 Å². The Labute approximate surface area is 204 Å². The SMILES string of the molecule is COC(=O)[C@H](Cc1ccccc1)N(C(=O)c1c(C)cccc1Cl)N1C(=O)[C@@H](C(C)C)N(C)C1=O. The van der Waals surface area contributed by atoms with Gasteiger partial charge in [0.05, 0.1) is 17.7 Å². The first-order valence-corrected chi connectivity index (χ1v) is 11.3. The van der Waals surface area contributed by atoms with E-state index in [1.165, 1.54) is 19.1 Å². The molecule has 2 aromatic carbocycles. The topological polar surface area (TPSA) is 87.2 Å². The van der Waals surface area contributed by atoms with Gasteiger partial charge in [0.25, 0.3) is 11.8 Å². The lowest BCUT2D eigenvalue weighted by Crippen LogP contribution is -2.58. The Morgan fingerprint density at radius 1 is 1.09 bits per heavy atom. The van der Waals surface area contributed by atoms with E-state index in [4.69, 9.17) is 16.3 Å². The number of likely N-dealkylation sites (N-methyl/N-ethyl adjacent to an activating group) is 1. The predicted molar refractivity (Wildman–Crippen MR) is 127 cm³/mol. The molecule has 34 heavy (non-hydrogen) atoms. The molecule has 3 rings (SSSR count). The van der Waals surface area contributed by atoms with Gasteiger partial charge in [-0.05, 0) is 30.0 Å². The average molecular weight is 486 g/mol. The maximum absolute atomic E-state index is 14.0. The number of hydrogen-bond acceptors (Lipinski definition) is 5. The third kappa shape index (κ3) is 4.63. The van der Waals surface area contributed by atoms with Crippen molar-refractivity contribution in [1.82, 2.24) is 14.9 Å². The number of nitrogens with zero attached hydrogens (tertiary/aromatic N) is 3. The van der Waals surface area contributed by atoms with Crippen molar-refractivity contribution in [2.75, 3.05) is 14.2 Å². The molecule has 0 bridgehead atoms. The molecule has 0 radical (unpaired) electrons. The highest BCUT2D eigenvalue weighted by atomic mass is 35.5. The highest BCUT2D eigenvalue weighted by molar-refractivity contribution is 6.34. The Morgan fingerprint density at radius 2 is 1.74 bits per heavy atom. The van der Waals surface area contributed by atoms with Crippen LogP contribution in [0.2, 0.25) is 5.02 Å². The van der Waals surface area contributed by atoms with Crippen molar-refractivity contribution in [2.24, 2.45) is 5.92 Å². The number of carbonyl (C=O) groups is 4. The lowest BCUT2D eigenvalue weighted by molar-refractivity contribution is -0.154. The molecule has 0 aromatic heterocycles. The average Bonchev–Trinajstić information content (AvgIpc) is 3.02. The van der Waals surface area contributed by atoms with Crippen LogP contribution >= 0.6 is 11.6 Å². The molecule has 8 nitrogen and oxygen atoms in total. The molecule has 0 aliphatic carbocycles. The molecule has 0 saturated carbocycles. The number of benzene rings is 2. The summed E-state index contributed by atoms with van der Waals surface area (Å²) in [6.45, 7) is 5.31. The summed E-state index contributed by atoms with van der Waals surface area (Å²) in [7, 11) is 2.69. The maximum Gasteiger partial charge on any atom is 0.346 e. The molecule has 9 heteroatoms. The standard InChI is InChI=1S/C25H28ClN3O5/c1-15(2)21-23(31)29(25(33)27(21)4)28(22(30)20-16(3)10-9-13-18(20)26)19(24(32)34-5)14-17-11-7-6-8-12-17/h6-13,15,19,21H,14H2,1-5H3/t19-,21+/m0/s1. The first-order valence-electron chi connectivity index (χ1n) is 10.9. The highest BCUT2D eigenvalue weighted by Gasteiger charge is 2.52. The fraction of sp³-hybridized carbons (Fsp3) is 0.360. The number of aryl methyl sites for hydroxylation is 1. The molecule has 1 heterocycles. The smallest absolute Gasteiger partial charge is 0.346 e. The normalized spacial score (nSPS) is 16.7. The Morgan fingerprint density at radius 3 is 2.26 bits per heavy atom. The van der Waals surface area contributed by atoms with E-state index in [0.717, 1.165) is 15.6 Å². The Balaban J connectivity index is 2.20. The van der Waals surface area contributed by atoms with Gasteiger partial charge in [-0.3, -0.25) is 9.59 Å². The molecule has 2 atom stereocenters. The van der Waals surface area contributed by atoms with Gasteiger partial charge in [0.15, 0.2) is 6.04 Å². The number of methoxy groups -OCH3 is 1. The van der Waals surface area contributed by atoms with Crippen molar-refractivity contribution < 1.29 is 23.9 Å². The molecule has 1 aliphatic rings. The monoisotopic (exact) mass is 485 g/mol. The van der Waals surface area contributed by atoms with Crippen molar-refractivity contribution in [2.45, 2.75) is 39.3 Å². The van der Waals surface area contributed by atoms with E-state index in [-0.39, 0.29) is 22.9 Å². The van der Waals surface area contributed by atoms with Crippen LogP contribution in [-0.4, -0.2) is 65.0 Å². The summed E-state index contributed by atoms with van der Waals surface area (Å²) < 4.78 is 5.01. The number of imide groups is 1. The van der Waals surface area contributed by atoms with Gasteiger partial charge < -0.3 is 9.64 Å². The number of ether oxygens (including phenoxy) is 1. The van der Waals surface area contributed by atoms with E-state index in [1.54, 1.807) is 49.4 Å². The number of carbonyl (C=O) groups excluding carboxylic acids is 4. The summed E-state index contributed by atoms with van der Waals surface area (Å²) in [5, 5.41) is 1.82. The molecular weight excluding hydrogens is 458 g/mol. The number of amides is 4. The fourth-order valence-electron chi connectivity index (χ4n) is 4.22. The molecule has 2 aromatic rings. The number of hydrazine groups is 1. The van der Waals surface area contributed by atoms with Gasteiger partial charge in [-0.25, -0.2) is 14.6 Å². The zero-order valence-corrected chi connectivity index (χ0v) is 20.6. The van der Waals surface area contributed by atoms with Crippen LogP contribution in [0.4, 0.5) is 4.79 Å². The van der Waals surface area contributed by atoms with Gasteiger partial charge in [-0.2, -0.15) is 5.01 Å². The second-order valence-corrected chi connectivity index (χ2v) is 8.95. The molecule has 0 N–H and O–H groups in total. The van der Waals surface area contributed by atoms with Gasteiger partial charge in [0.2, 0.25) is 0 Å². The minimum atomic E-state index is -1.29. The minimum absolute atomic E-state index is 0.0237. The predicted octanol–water partition coefficient (Wildman–Crippen LogP) is 3.71. The Kier molecular flexibility index (Phi) is 7.61. The second kappa shape index (κ2) is 10.3. The summed E-state index contributed by atoms with van der Waals surface area (Å²) in [4.78, 5) is 55.0. The van der Waals surface area contributed by atoms with E-state index in [1.807, 2.05) is 19.9 Å². The van der Waals surface area contributed by atoms with E-state index in [0.29, 0.717) is 5.56 Å². The van der Waals surface area contributed by atoms with Crippen LogP contribution in [0.15, 0.2) is 48.5 Å². The summed E-state index contributed by atoms with van der Waals surface area (Å²) in [5.41, 5.74) is 1.36. The van der Waals surface area contributed by atoms with E-state index < -0.39 is 35.9 Å². The summed E-state index contributed by atoms with van der Waals surface area (Å²) in [5.74, 6) is -2.31. The number of urea groups is 1. The highest BCUT2D eigenvalue weighted by Crippen LogP contribution is 2.30. The number of hydrogen-bond donors (Lipinski definition) is 0. The van der Waals surface area contributed by atoms with Crippen LogP contribution in [0.5, 0.6) is 0 Å². The molecule has 0 unspecified atom stereocenters. The first-order chi connectivity index (χ1) is 16.1. The fourth-order valence-corrected chi connectivity index (χ4v) is 4.52. The minimum Gasteiger partial charge on any atom is -0.467 e. The van der Waals surface area contributed by atoms with Gasteiger partial charge in [-0.15, -0.1) is 0 Å². The van der Waals surface area contributed by atoms with E-state index in [2.05, 4.69) is 0 Å². The van der Waals surface area contributed by atoms with Crippen molar-refractivity contribution >= 4 is 35.4 Å². The van der Waals surface area contributed by atoms with E-state index in [9.17, 15) is 19.2 Å². The third-order valence-corrected chi connectivity index (χ3v) is 6.21. The molecule has 180 valence electrons. The van der Waals surface area contributed by atoms with Crippen molar-refractivity contribution in [3.63, 3.8) is 0 Å². The van der Waals surface area contributed by atoms with Crippen LogP contribution < -0.4 is 0 Å². The van der Waals surface area contributed by atoms with Crippen LogP contribution in [0, 0.1) is 12.8 Å². The first kappa shape index (κ1) is 25.2. The van der Waals surface area contributed by atoms with Gasteiger partial charge in [-0.1, -0.05) is 67.9 Å². The lowest BCUT2D eigenvalue weighted by atomic mass is 10.0. The number of esters is 1. The van der Waals surface area contributed by atoms with Gasteiger partial charge >= 0.3 is 12.0 Å². The molecular formula is C25H28ClN3O5. The van der Waals surface area contributed by atoms with Crippen molar-refractivity contribution in [3.8, 4) is 0 Å². The van der Waals surface area contributed by atoms with Crippen molar-refractivity contribution in [3.05, 3.63) is 70.2 Å². The zero-order chi connectivity index (χ0) is 25.2. The molecule has 1 saturated heterocycles. The lowest BCUT2D eigenvalue weighted by Gasteiger charge is -2.35. The summed E-state index contributed by atoms with van der Waals surface area (Å²) >= 11 is 6.37. The quantitative estimate of drug-likeness (QED) is 0.440. The number of halogens is 1. The van der Waals surface area contributed by atoms with Crippen LogP contribution in [0.1, 0.15) is 35.3 Å². The molecule has 4 amide bonds. The molecule has 1 aliphatic heterocycles. The summed E-state index contributed by atoms with van der Waals surface area (Å²) in [6, 6.07) is 11.1. The molecule has 1 fully saturated rings. The summed E-state index contributed by atoms with van der Waals surface area (Å²) in [6.07, 6.45) is 0.0237. The number of rotatable bonds is 7. The largest absolute Gasteiger partial charge is 0.467 e. The van der Waals surface area contributed by atoms with Gasteiger partial charge in [0, 0.05) is 13.5 Å². The maximum atomic E-state index is 14.0. The second-order valence-electron chi connectivity index (χ2n) is 8.54. The Bertz CT molecular complexity index is 1080. The zero-order valence-electron chi connectivity index (χ0n) is 19.8. The third-order valence-electron chi connectivity index (χ3n) is 5.89. The van der Waals surface area contributed by atoms with E-state index >= 15 is 0 Å². The van der Waals surface area contributed by atoms with Crippen LogP contribution in [0.25, 0.3) is 0 Å². The van der Waals surface area contributed by atoms with Gasteiger partial charge in [0.1, 0.15) is 6.04 Å². The van der Waals surface area contributed by atoms with Crippen LogP contribution in [-0.2, 0) is 20.7 Å². The Hall–Kier alpha value is -3.39. The molecule has 0 spiro atoms. The van der Waals surface area contributed by atoms with Crippen LogP contribution in [0.3, 0.4) is 0 Å².